The second kappa shape index (κ2) is 6.24. The molecule has 1 amide bonds. The van der Waals surface area contributed by atoms with Crippen LogP contribution in [0, 0.1) is 5.92 Å². The van der Waals surface area contributed by atoms with Gasteiger partial charge in [-0.25, -0.2) is 0 Å². The molecule has 1 aromatic carbocycles. The summed E-state index contributed by atoms with van der Waals surface area (Å²) in [5, 5.41) is 2.46. The lowest BCUT2D eigenvalue weighted by Gasteiger charge is -2.22. The molecule has 2 atom stereocenters. The van der Waals surface area contributed by atoms with Crippen LogP contribution in [0.15, 0.2) is 30.3 Å². The lowest BCUT2D eigenvalue weighted by Crippen LogP contribution is -2.38. The number of hydrogen-bond donors (Lipinski definition) is 1. The van der Waals surface area contributed by atoms with E-state index in [9.17, 15) is 4.79 Å². The van der Waals surface area contributed by atoms with Gasteiger partial charge < -0.3 is 5.32 Å². The van der Waals surface area contributed by atoms with Crippen LogP contribution in [0.3, 0.4) is 0 Å². The fraction of sp³-hybridized carbons (Fsp3) is 0.533. The van der Waals surface area contributed by atoms with E-state index < -0.39 is 5.38 Å². The number of alkyl halides is 1. The zero-order valence-electron chi connectivity index (χ0n) is 10.7. The SMILES string of the molecule is C[C@H](NC(=O)C(Cl)c1ccccc1)C1CCCC1. The quantitative estimate of drug-likeness (QED) is 0.827. The molecule has 18 heavy (non-hydrogen) atoms. The Bertz CT molecular complexity index is 387. The van der Waals surface area contributed by atoms with Crippen molar-refractivity contribution in [1.82, 2.24) is 5.32 Å². The summed E-state index contributed by atoms with van der Waals surface area (Å²) in [6, 6.07) is 9.72. The average molecular weight is 266 g/mol. The van der Waals surface area contributed by atoms with Crippen LogP contribution in [-0.2, 0) is 4.79 Å². The van der Waals surface area contributed by atoms with Gasteiger partial charge in [-0.05, 0) is 31.2 Å². The van der Waals surface area contributed by atoms with Crippen LogP contribution in [0.5, 0.6) is 0 Å². The van der Waals surface area contributed by atoms with Gasteiger partial charge in [-0.1, -0.05) is 43.2 Å². The van der Waals surface area contributed by atoms with E-state index in [1.54, 1.807) is 0 Å². The molecular weight excluding hydrogens is 246 g/mol. The summed E-state index contributed by atoms with van der Waals surface area (Å²) < 4.78 is 0. The molecular formula is C15H20ClNO. The van der Waals surface area contributed by atoms with Crippen molar-refractivity contribution in [2.75, 3.05) is 0 Å². The molecule has 1 unspecified atom stereocenters. The smallest absolute Gasteiger partial charge is 0.242 e. The monoisotopic (exact) mass is 265 g/mol. The zero-order valence-corrected chi connectivity index (χ0v) is 11.5. The molecule has 1 aliphatic carbocycles. The summed E-state index contributed by atoms with van der Waals surface area (Å²) in [6.45, 7) is 2.09. The molecule has 2 rings (SSSR count). The van der Waals surface area contributed by atoms with Gasteiger partial charge in [0, 0.05) is 6.04 Å². The third-order valence-electron chi connectivity index (χ3n) is 3.80. The Labute approximate surface area is 114 Å². The first-order valence-corrected chi connectivity index (χ1v) is 7.11. The molecule has 3 heteroatoms. The molecule has 1 saturated carbocycles. The van der Waals surface area contributed by atoms with Crippen LogP contribution in [0.4, 0.5) is 0 Å². The number of carbonyl (C=O) groups excluding carboxylic acids is 1. The molecule has 1 N–H and O–H groups in total. The molecule has 0 heterocycles. The maximum atomic E-state index is 12.1. The van der Waals surface area contributed by atoms with Gasteiger partial charge in [0.2, 0.25) is 5.91 Å². The lowest BCUT2D eigenvalue weighted by atomic mass is 9.99. The van der Waals surface area contributed by atoms with Crippen molar-refractivity contribution >= 4 is 17.5 Å². The molecule has 0 bridgehead atoms. The van der Waals surface area contributed by atoms with E-state index >= 15 is 0 Å². The summed E-state index contributed by atoms with van der Waals surface area (Å²) in [5.41, 5.74) is 0.857. The second-order valence-corrected chi connectivity index (χ2v) is 5.55. The van der Waals surface area contributed by atoms with Crippen LogP contribution >= 0.6 is 11.6 Å². The van der Waals surface area contributed by atoms with E-state index in [0.717, 1.165) is 5.56 Å². The summed E-state index contributed by atoms with van der Waals surface area (Å²) in [6.07, 6.45) is 5.02. The fourth-order valence-electron chi connectivity index (χ4n) is 2.65. The van der Waals surface area contributed by atoms with Gasteiger partial charge in [-0.15, -0.1) is 11.6 Å². The number of hydrogen-bond acceptors (Lipinski definition) is 1. The normalized spacial score (nSPS) is 19.4. The third-order valence-corrected chi connectivity index (χ3v) is 4.25. The number of carbonyl (C=O) groups is 1. The maximum absolute atomic E-state index is 12.1. The minimum atomic E-state index is -0.588. The number of amides is 1. The Morgan fingerprint density at radius 1 is 1.28 bits per heavy atom. The Balaban J connectivity index is 1.91. The van der Waals surface area contributed by atoms with E-state index in [-0.39, 0.29) is 11.9 Å². The first-order valence-electron chi connectivity index (χ1n) is 6.68. The number of benzene rings is 1. The van der Waals surface area contributed by atoms with Gasteiger partial charge in [0.05, 0.1) is 0 Å². The van der Waals surface area contributed by atoms with E-state index in [0.29, 0.717) is 5.92 Å². The Kier molecular flexibility index (Phi) is 4.65. The van der Waals surface area contributed by atoms with Crippen LogP contribution < -0.4 is 5.32 Å². The largest absolute Gasteiger partial charge is 0.352 e. The van der Waals surface area contributed by atoms with E-state index in [4.69, 9.17) is 11.6 Å². The molecule has 1 aliphatic rings. The van der Waals surface area contributed by atoms with Gasteiger partial charge >= 0.3 is 0 Å². The Morgan fingerprint density at radius 2 is 1.89 bits per heavy atom. The Hall–Kier alpha value is -1.02. The van der Waals surface area contributed by atoms with E-state index in [2.05, 4.69) is 12.2 Å². The second-order valence-electron chi connectivity index (χ2n) is 5.12. The molecule has 0 aromatic heterocycles. The molecule has 98 valence electrons. The molecule has 0 radical (unpaired) electrons. The minimum absolute atomic E-state index is 0.0812. The van der Waals surface area contributed by atoms with Gasteiger partial charge in [0.15, 0.2) is 0 Å². The van der Waals surface area contributed by atoms with E-state index in [1.807, 2.05) is 30.3 Å². The zero-order chi connectivity index (χ0) is 13.0. The minimum Gasteiger partial charge on any atom is -0.352 e. The first kappa shape index (κ1) is 13.4. The standard InChI is InChI=1S/C15H20ClNO/c1-11(12-7-5-6-8-12)17-15(18)14(16)13-9-3-2-4-10-13/h2-4,9-12,14H,5-8H2,1H3,(H,17,18)/t11-,14?/m0/s1. The van der Waals surface area contributed by atoms with Gasteiger partial charge in [-0.2, -0.15) is 0 Å². The molecule has 0 spiro atoms. The maximum Gasteiger partial charge on any atom is 0.242 e. The van der Waals surface area contributed by atoms with Crippen molar-refractivity contribution in [3.05, 3.63) is 35.9 Å². The summed E-state index contributed by atoms with van der Waals surface area (Å²) >= 11 is 6.20. The topological polar surface area (TPSA) is 29.1 Å². The van der Waals surface area contributed by atoms with Crippen molar-refractivity contribution in [2.24, 2.45) is 5.92 Å². The lowest BCUT2D eigenvalue weighted by molar-refractivity contribution is -0.121. The van der Waals surface area contributed by atoms with Crippen molar-refractivity contribution in [1.29, 1.82) is 0 Å². The highest BCUT2D eigenvalue weighted by Crippen LogP contribution is 2.28. The predicted molar refractivity (Wildman–Crippen MR) is 74.6 cm³/mol. The summed E-state index contributed by atoms with van der Waals surface area (Å²) in [7, 11) is 0. The van der Waals surface area contributed by atoms with Crippen LogP contribution in [0.1, 0.15) is 43.5 Å². The van der Waals surface area contributed by atoms with Crippen molar-refractivity contribution in [3.8, 4) is 0 Å². The van der Waals surface area contributed by atoms with Gasteiger partial charge in [0.25, 0.3) is 0 Å². The predicted octanol–water partition coefficient (Wildman–Crippen LogP) is 3.66. The van der Waals surface area contributed by atoms with Crippen LogP contribution in [-0.4, -0.2) is 11.9 Å². The van der Waals surface area contributed by atoms with Crippen LogP contribution in [0.25, 0.3) is 0 Å². The van der Waals surface area contributed by atoms with Crippen LogP contribution in [0.2, 0.25) is 0 Å². The fourth-order valence-corrected chi connectivity index (χ4v) is 2.85. The highest BCUT2D eigenvalue weighted by atomic mass is 35.5. The van der Waals surface area contributed by atoms with Crippen molar-refractivity contribution in [3.63, 3.8) is 0 Å². The number of halogens is 1. The summed E-state index contributed by atoms with van der Waals surface area (Å²) in [4.78, 5) is 12.1. The first-order chi connectivity index (χ1) is 8.68. The molecule has 2 nitrogen and oxygen atoms in total. The highest BCUT2D eigenvalue weighted by Gasteiger charge is 2.25. The summed E-state index contributed by atoms with van der Waals surface area (Å²) in [5.74, 6) is 0.538. The van der Waals surface area contributed by atoms with Crippen molar-refractivity contribution in [2.45, 2.75) is 44.0 Å². The molecule has 1 fully saturated rings. The average Bonchev–Trinajstić information content (AvgIpc) is 2.92. The van der Waals surface area contributed by atoms with E-state index in [1.165, 1.54) is 25.7 Å². The van der Waals surface area contributed by atoms with Gasteiger partial charge in [-0.3, -0.25) is 4.79 Å². The molecule has 0 saturated heterocycles. The number of nitrogens with one attached hydrogen (secondary N) is 1. The third kappa shape index (κ3) is 3.26. The number of rotatable bonds is 4. The highest BCUT2D eigenvalue weighted by molar-refractivity contribution is 6.30. The molecule has 1 aromatic rings. The van der Waals surface area contributed by atoms with Crippen molar-refractivity contribution < 1.29 is 4.79 Å². The van der Waals surface area contributed by atoms with Gasteiger partial charge in [0.1, 0.15) is 5.38 Å². The Morgan fingerprint density at radius 3 is 2.50 bits per heavy atom. The molecule has 0 aliphatic heterocycles.